The molecule has 2 aromatic carbocycles. The maximum absolute atomic E-state index is 12.7. The van der Waals surface area contributed by atoms with Crippen LogP contribution in [-0.4, -0.2) is 42.2 Å². The Labute approximate surface area is 246 Å². The number of alkyl carbamates (subject to hydrolysis) is 1. The van der Waals surface area contributed by atoms with Crippen LogP contribution in [0.4, 0.5) is 16.4 Å². The third-order valence-corrected chi connectivity index (χ3v) is 8.44. The monoisotopic (exact) mass is 597 g/mol. The van der Waals surface area contributed by atoms with Crippen LogP contribution in [0.3, 0.4) is 0 Å². The summed E-state index contributed by atoms with van der Waals surface area (Å²) < 4.78 is 33.4. The number of benzene rings is 2. The number of nitrogens with one attached hydrogen (secondary N) is 3. The second kappa shape index (κ2) is 12.9. The summed E-state index contributed by atoms with van der Waals surface area (Å²) in [6.07, 6.45) is 10.5. The lowest BCUT2D eigenvalue weighted by molar-refractivity contribution is 0.0492. The normalized spacial score (nSPS) is 17.7. The van der Waals surface area contributed by atoms with Crippen LogP contribution in [-0.2, 0) is 14.8 Å². The van der Waals surface area contributed by atoms with Gasteiger partial charge in [0, 0.05) is 35.7 Å². The Morgan fingerprint density at radius 3 is 2.29 bits per heavy atom. The van der Waals surface area contributed by atoms with Crippen LogP contribution in [0, 0.1) is 6.92 Å². The first kappa shape index (κ1) is 30.3. The van der Waals surface area contributed by atoms with E-state index in [0.717, 1.165) is 42.4 Å². The number of rotatable bonds is 8. The van der Waals surface area contributed by atoms with Gasteiger partial charge in [0.2, 0.25) is 5.95 Å². The van der Waals surface area contributed by atoms with Crippen LogP contribution in [0.15, 0.2) is 59.8 Å². The molecule has 0 bridgehead atoms. The third-order valence-electron chi connectivity index (χ3n) is 6.56. The van der Waals surface area contributed by atoms with Gasteiger partial charge in [-0.3, -0.25) is 4.72 Å². The van der Waals surface area contributed by atoms with E-state index in [2.05, 4.69) is 25.3 Å². The Morgan fingerprint density at radius 2 is 1.66 bits per heavy atom. The van der Waals surface area contributed by atoms with E-state index in [9.17, 15) is 13.2 Å². The highest BCUT2D eigenvalue weighted by molar-refractivity contribution is 7.92. The average molecular weight is 598 g/mol. The van der Waals surface area contributed by atoms with Crippen molar-refractivity contribution >= 4 is 51.5 Å². The summed E-state index contributed by atoms with van der Waals surface area (Å²) in [5, 5.41) is 6.51. The minimum atomic E-state index is -3.80. The van der Waals surface area contributed by atoms with Gasteiger partial charge in [0.1, 0.15) is 10.5 Å². The lowest BCUT2D eigenvalue weighted by atomic mass is 9.91. The molecule has 0 radical (unpaired) electrons. The standard InChI is InChI=1S/C30H36ClN5O4S/c1-20-17-25(36-41(38,39)27-8-6-5-7-26(27)31)12-11-22(20)10-9-21-18-32-28(33-19-21)34-23-13-15-24(16-14-23)35-29(37)40-30(2,3)4/h5-12,17-19,23-24,36H,13-16H2,1-4H3,(H,35,37)(H,32,33,34)/b10-9+. The van der Waals surface area contributed by atoms with E-state index in [-0.39, 0.29) is 28.1 Å². The van der Waals surface area contributed by atoms with Crippen molar-refractivity contribution in [2.24, 2.45) is 0 Å². The van der Waals surface area contributed by atoms with Crippen LogP contribution in [0.5, 0.6) is 0 Å². The minimum absolute atomic E-state index is 0.0316. The number of ether oxygens (including phenoxy) is 1. The average Bonchev–Trinajstić information content (AvgIpc) is 2.89. The fourth-order valence-corrected chi connectivity index (χ4v) is 6.09. The largest absolute Gasteiger partial charge is 0.444 e. The van der Waals surface area contributed by atoms with Crippen LogP contribution in [0.2, 0.25) is 5.02 Å². The molecule has 0 saturated heterocycles. The fraction of sp³-hybridized carbons (Fsp3) is 0.367. The number of hydrogen-bond acceptors (Lipinski definition) is 7. The van der Waals surface area contributed by atoms with Crippen molar-refractivity contribution in [1.29, 1.82) is 0 Å². The van der Waals surface area contributed by atoms with Crippen molar-refractivity contribution in [3.05, 3.63) is 76.6 Å². The zero-order valence-corrected chi connectivity index (χ0v) is 25.2. The molecule has 0 spiro atoms. The zero-order chi connectivity index (χ0) is 29.6. The number of aromatic nitrogens is 2. The zero-order valence-electron chi connectivity index (χ0n) is 23.6. The number of anilines is 2. The summed E-state index contributed by atoms with van der Waals surface area (Å²) >= 11 is 6.07. The number of halogens is 1. The minimum Gasteiger partial charge on any atom is -0.444 e. The van der Waals surface area contributed by atoms with Gasteiger partial charge >= 0.3 is 6.09 Å². The summed E-state index contributed by atoms with van der Waals surface area (Å²) in [7, 11) is -3.80. The van der Waals surface area contributed by atoms with Crippen molar-refractivity contribution < 1.29 is 17.9 Å². The molecule has 1 heterocycles. The molecule has 3 N–H and O–H groups in total. The molecule has 218 valence electrons. The molecule has 1 fully saturated rings. The summed E-state index contributed by atoms with van der Waals surface area (Å²) in [5.41, 5.74) is 2.62. The van der Waals surface area contributed by atoms with Gasteiger partial charge in [-0.15, -0.1) is 0 Å². The van der Waals surface area contributed by atoms with Crippen molar-refractivity contribution in [3.8, 4) is 0 Å². The van der Waals surface area contributed by atoms with Crippen molar-refractivity contribution in [3.63, 3.8) is 0 Å². The highest BCUT2D eigenvalue weighted by Crippen LogP contribution is 2.25. The predicted octanol–water partition coefficient (Wildman–Crippen LogP) is 6.66. The van der Waals surface area contributed by atoms with E-state index in [1.165, 1.54) is 6.07 Å². The lowest BCUT2D eigenvalue weighted by Gasteiger charge is -2.30. The topological polar surface area (TPSA) is 122 Å². The third kappa shape index (κ3) is 8.93. The number of carbonyl (C=O) groups is 1. The number of sulfonamides is 1. The molecule has 3 aromatic rings. The van der Waals surface area contributed by atoms with Gasteiger partial charge in [-0.1, -0.05) is 42.0 Å². The van der Waals surface area contributed by atoms with Crippen molar-refractivity contribution in [1.82, 2.24) is 15.3 Å². The fourth-order valence-electron chi connectivity index (χ4n) is 4.52. The Balaban J connectivity index is 1.28. The maximum atomic E-state index is 12.7. The van der Waals surface area contributed by atoms with Gasteiger partial charge in [-0.25, -0.2) is 23.2 Å². The maximum Gasteiger partial charge on any atom is 0.407 e. The second-order valence-corrected chi connectivity index (χ2v) is 13.2. The Hall–Kier alpha value is -3.63. The predicted molar refractivity (Wildman–Crippen MR) is 163 cm³/mol. The summed E-state index contributed by atoms with van der Waals surface area (Å²) in [6.45, 7) is 7.47. The lowest BCUT2D eigenvalue weighted by Crippen LogP contribution is -2.42. The number of amides is 1. The van der Waals surface area contributed by atoms with Crippen LogP contribution in [0.1, 0.15) is 63.1 Å². The molecule has 0 unspecified atom stereocenters. The number of nitrogens with zero attached hydrogens (tertiary/aromatic N) is 2. The van der Waals surface area contributed by atoms with Crippen LogP contribution in [0.25, 0.3) is 12.2 Å². The molecule has 11 heteroatoms. The van der Waals surface area contributed by atoms with Gasteiger partial charge in [-0.05, 0) is 88.8 Å². The highest BCUT2D eigenvalue weighted by Gasteiger charge is 2.25. The van der Waals surface area contributed by atoms with E-state index < -0.39 is 15.6 Å². The van der Waals surface area contributed by atoms with E-state index in [4.69, 9.17) is 16.3 Å². The molecule has 1 aliphatic carbocycles. The van der Waals surface area contributed by atoms with E-state index in [1.54, 1.807) is 42.7 Å². The quantitative estimate of drug-likeness (QED) is 0.265. The molecule has 0 atom stereocenters. The summed E-state index contributed by atoms with van der Waals surface area (Å²) in [5.74, 6) is 0.567. The van der Waals surface area contributed by atoms with E-state index in [0.29, 0.717) is 11.6 Å². The summed E-state index contributed by atoms with van der Waals surface area (Å²) in [6, 6.07) is 12.0. The molecule has 4 rings (SSSR count). The number of hydrogen-bond donors (Lipinski definition) is 3. The van der Waals surface area contributed by atoms with Crippen molar-refractivity contribution in [2.45, 2.75) is 76.0 Å². The van der Waals surface area contributed by atoms with Crippen LogP contribution >= 0.6 is 11.6 Å². The molecule has 1 aromatic heterocycles. The SMILES string of the molecule is Cc1cc(NS(=O)(=O)c2ccccc2Cl)ccc1/C=C/c1cnc(NC2CCC(NC(=O)OC(C)(C)C)CC2)nc1. The first-order valence-corrected chi connectivity index (χ1v) is 15.4. The van der Waals surface area contributed by atoms with Gasteiger partial charge in [0.05, 0.1) is 5.02 Å². The van der Waals surface area contributed by atoms with Crippen molar-refractivity contribution in [2.75, 3.05) is 10.0 Å². The Bertz CT molecular complexity index is 1500. The smallest absolute Gasteiger partial charge is 0.407 e. The molecule has 9 nitrogen and oxygen atoms in total. The molecular formula is C30H36ClN5O4S. The van der Waals surface area contributed by atoms with Gasteiger partial charge in [0.25, 0.3) is 10.0 Å². The first-order valence-electron chi connectivity index (χ1n) is 13.5. The number of carbonyl (C=O) groups excluding carboxylic acids is 1. The molecule has 1 amide bonds. The number of aryl methyl sites for hydroxylation is 1. The molecule has 1 aliphatic rings. The van der Waals surface area contributed by atoms with Gasteiger partial charge in [-0.2, -0.15) is 0 Å². The highest BCUT2D eigenvalue weighted by atomic mass is 35.5. The first-order chi connectivity index (χ1) is 19.4. The van der Waals surface area contributed by atoms with E-state index >= 15 is 0 Å². The molecule has 41 heavy (non-hydrogen) atoms. The Morgan fingerprint density at radius 1 is 1.00 bits per heavy atom. The summed E-state index contributed by atoms with van der Waals surface area (Å²) in [4.78, 5) is 21.0. The molecule has 1 saturated carbocycles. The Kier molecular flexibility index (Phi) is 9.55. The van der Waals surface area contributed by atoms with E-state index in [1.807, 2.05) is 45.9 Å². The second-order valence-electron chi connectivity index (χ2n) is 11.1. The van der Waals surface area contributed by atoms with Crippen LogP contribution < -0.4 is 15.4 Å². The molecular weight excluding hydrogens is 562 g/mol. The molecule has 0 aliphatic heterocycles. The van der Waals surface area contributed by atoms with Gasteiger partial charge < -0.3 is 15.4 Å². The van der Waals surface area contributed by atoms with Gasteiger partial charge in [0.15, 0.2) is 0 Å².